The molecule has 0 saturated heterocycles. The zero-order valence-electron chi connectivity index (χ0n) is 19.3. The van der Waals surface area contributed by atoms with Crippen molar-refractivity contribution in [3.63, 3.8) is 0 Å². The van der Waals surface area contributed by atoms with Crippen molar-refractivity contribution in [2.45, 2.75) is 35.7 Å². The molecule has 0 aliphatic carbocycles. The Bertz CT molecular complexity index is 1490. The Morgan fingerprint density at radius 2 is 1.78 bits per heavy atom. The number of non-ortho nitro benzene ring substituents is 1. The van der Waals surface area contributed by atoms with E-state index in [0.717, 1.165) is 15.6 Å². The fourth-order valence-corrected chi connectivity index (χ4v) is 5.91. The summed E-state index contributed by atoms with van der Waals surface area (Å²) in [6.07, 6.45) is 0. The third kappa shape index (κ3) is 6.01. The lowest BCUT2D eigenvalue weighted by Gasteiger charge is -2.16. The van der Waals surface area contributed by atoms with Crippen molar-refractivity contribution >= 4 is 43.4 Å². The van der Waals surface area contributed by atoms with Gasteiger partial charge in [0.05, 0.1) is 15.9 Å². The lowest BCUT2D eigenvalue weighted by atomic mass is 10.2. The smallest absolute Gasteiger partial charge is 0.269 e. The van der Waals surface area contributed by atoms with E-state index in [1.54, 1.807) is 35.8 Å². The van der Waals surface area contributed by atoms with Gasteiger partial charge in [0.2, 0.25) is 10.0 Å². The second kappa shape index (κ2) is 10.9. The van der Waals surface area contributed by atoms with Gasteiger partial charge in [-0.2, -0.15) is 0 Å². The molecule has 0 aliphatic heterocycles. The fraction of sp³-hybridized carbons (Fsp3) is 0.167. The summed E-state index contributed by atoms with van der Waals surface area (Å²) >= 11 is 4.75. The average molecular weight is 589 g/mol. The van der Waals surface area contributed by atoms with E-state index in [2.05, 4.69) is 36.9 Å². The number of halogens is 1. The standard InChI is InChI=1S/C24H22BrN5O4S2/c1-16-4-3-5-18(14-16)15-35-24-27-26-23(29(24)20-8-10-21(11-9-20)30(31)32)17(2)28-36(33,34)22-12-6-19(25)7-13-22/h3-14,17,28H,15H2,1-2H3. The van der Waals surface area contributed by atoms with E-state index in [-0.39, 0.29) is 10.6 Å². The largest absolute Gasteiger partial charge is 0.273 e. The summed E-state index contributed by atoms with van der Waals surface area (Å²) in [5.74, 6) is 0.975. The number of nitro benzene ring substituents is 1. The van der Waals surface area contributed by atoms with Crippen molar-refractivity contribution in [3.05, 3.63) is 104 Å². The molecule has 3 aromatic carbocycles. The second-order valence-electron chi connectivity index (χ2n) is 8.02. The number of rotatable bonds is 9. The third-order valence-corrected chi connectivity index (χ3v) is 8.36. The second-order valence-corrected chi connectivity index (χ2v) is 11.6. The molecular formula is C24H22BrN5O4S2. The van der Waals surface area contributed by atoms with Crippen molar-refractivity contribution in [2.75, 3.05) is 0 Å². The molecule has 1 unspecified atom stereocenters. The van der Waals surface area contributed by atoms with Crippen LogP contribution in [0.3, 0.4) is 0 Å². The fourth-order valence-electron chi connectivity index (χ4n) is 3.54. The molecule has 0 fully saturated rings. The summed E-state index contributed by atoms with van der Waals surface area (Å²) in [4.78, 5) is 10.8. The van der Waals surface area contributed by atoms with Gasteiger partial charge in [0.25, 0.3) is 5.69 Å². The van der Waals surface area contributed by atoms with Crippen LogP contribution in [0.15, 0.2) is 87.3 Å². The maximum Gasteiger partial charge on any atom is 0.269 e. The molecule has 0 saturated carbocycles. The van der Waals surface area contributed by atoms with Crippen LogP contribution in [0, 0.1) is 17.0 Å². The molecular weight excluding hydrogens is 566 g/mol. The van der Waals surface area contributed by atoms with Gasteiger partial charge in [-0.05, 0) is 55.8 Å². The van der Waals surface area contributed by atoms with E-state index in [9.17, 15) is 18.5 Å². The monoisotopic (exact) mass is 587 g/mol. The first-order chi connectivity index (χ1) is 17.1. The third-order valence-electron chi connectivity index (χ3n) is 5.27. The molecule has 1 atom stereocenters. The molecule has 1 heterocycles. The highest BCUT2D eigenvalue weighted by atomic mass is 79.9. The average Bonchev–Trinajstić information content (AvgIpc) is 3.27. The maximum atomic E-state index is 13.0. The van der Waals surface area contributed by atoms with Crippen LogP contribution >= 0.6 is 27.7 Å². The van der Waals surface area contributed by atoms with Crippen LogP contribution in [0.25, 0.3) is 5.69 Å². The maximum absolute atomic E-state index is 13.0. The van der Waals surface area contributed by atoms with Crippen LogP contribution in [0.2, 0.25) is 0 Å². The molecule has 9 nitrogen and oxygen atoms in total. The summed E-state index contributed by atoms with van der Waals surface area (Å²) in [5.41, 5.74) is 2.78. The number of hydrogen-bond acceptors (Lipinski definition) is 7. The van der Waals surface area contributed by atoms with Gasteiger partial charge in [0.15, 0.2) is 11.0 Å². The van der Waals surface area contributed by atoms with E-state index in [0.29, 0.717) is 22.4 Å². The Balaban J connectivity index is 1.68. The zero-order chi connectivity index (χ0) is 25.9. The first-order valence-electron chi connectivity index (χ1n) is 10.8. The predicted molar refractivity (Wildman–Crippen MR) is 142 cm³/mol. The van der Waals surface area contributed by atoms with Gasteiger partial charge in [0, 0.05) is 28.0 Å². The van der Waals surface area contributed by atoms with Crippen LogP contribution in [-0.4, -0.2) is 28.1 Å². The summed E-state index contributed by atoms with van der Waals surface area (Å²) in [6, 6.07) is 19.6. The summed E-state index contributed by atoms with van der Waals surface area (Å²) in [5, 5.41) is 20.3. The first kappa shape index (κ1) is 26.0. The molecule has 1 N–H and O–H groups in total. The van der Waals surface area contributed by atoms with Gasteiger partial charge >= 0.3 is 0 Å². The first-order valence-corrected chi connectivity index (χ1v) is 14.1. The van der Waals surface area contributed by atoms with Gasteiger partial charge in [0.1, 0.15) is 0 Å². The molecule has 0 aliphatic rings. The Morgan fingerprint density at radius 1 is 1.08 bits per heavy atom. The van der Waals surface area contributed by atoms with Gasteiger partial charge in [-0.25, -0.2) is 13.1 Å². The van der Waals surface area contributed by atoms with Crippen molar-refractivity contribution < 1.29 is 13.3 Å². The number of sulfonamides is 1. The number of nitrogens with zero attached hydrogens (tertiary/aromatic N) is 4. The summed E-state index contributed by atoms with van der Waals surface area (Å²) < 4.78 is 31.1. The lowest BCUT2D eigenvalue weighted by Crippen LogP contribution is -2.28. The quantitative estimate of drug-likeness (QED) is 0.154. The number of aryl methyl sites for hydroxylation is 1. The topological polar surface area (TPSA) is 120 Å². The van der Waals surface area contributed by atoms with E-state index in [1.807, 2.05) is 25.1 Å². The highest BCUT2D eigenvalue weighted by Gasteiger charge is 2.25. The molecule has 4 aromatic rings. The molecule has 0 spiro atoms. The van der Waals surface area contributed by atoms with E-state index >= 15 is 0 Å². The Morgan fingerprint density at radius 3 is 2.42 bits per heavy atom. The molecule has 12 heteroatoms. The lowest BCUT2D eigenvalue weighted by molar-refractivity contribution is -0.384. The minimum atomic E-state index is -3.84. The van der Waals surface area contributed by atoms with E-state index < -0.39 is 21.0 Å². The van der Waals surface area contributed by atoms with Crippen molar-refractivity contribution in [3.8, 4) is 5.69 Å². The molecule has 0 amide bonds. The van der Waals surface area contributed by atoms with Crippen LogP contribution in [0.1, 0.15) is 29.9 Å². The number of thioether (sulfide) groups is 1. The number of nitro groups is 1. The summed E-state index contributed by atoms with van der Waals surface area (Å²) in [6.45, 7) is 3.70. The summed E-state index contributed by atoms with van der Waals surface area (Å²) in [7, 11) is -3.84. The minimum absolute atomic E-state index is 0.0497. The van der Waals surface area contributed by atoms with Crippen LogP contribution in [0.5, 0.6) is 0 Å². The number of hydrogen-bond donors (Lipinski definition) is 1. The molecule has 4 rings (SSSR count). The minimum Gasteiger partial charge on any atom is -0.273 e. The van der Waals surface area contributed by atoms with Crippen molar-refractivity contribution in [1.82, 2.24) is 19.5 Å². The number of benzene rings is 3. The Hall–Kier alpha value is -3.06. The van der Waals surface area contributed by atoms with E-state index in [4.69, 9.17) is 0 Å². The Kier molecular flexibility index (Phi) is 7.88. The van der Waals surface area contributed by atoms with Gasteiger partial charge < -0.3 is 0 Å². The van der Waals surface area contributed by atoms with Gasteiger partial charge in [-0.15, -0.1) is 10.2 Å². The number of aromatic nitrogens is 3. The zero-order valence-corrected chi connectivity index (χ0v) is 22.5. The van der Waals surface area contributed by atoms with E-state index in [1.165, 1.54) is 36.0 Å². The number of nitrogens with one attached hydrogen (secondary N) is 1. The van der Waals surface area contributed by atoms with Crippen molar-refractivity contribution in [1.29, 1.82) is 0 Å². The highest BCUT2D eigenvalue weighted by Crippen LogP contribution is 2.29. The molecule has 0 radical (unpaired) electrons. The molecule has 186 valence electrons. The normalized spacial score (nSPS) is 12.4. The van der Waals surface area contributed by atoms with Gasteiger partial charge in [-0.3, -0.25) is 14.7 Å². The SMILES string of the molecule is Cc1cccc(CSc2nnc(C(C)NS(=O)(=O)c3ccc(Br)cc3)n2-c2ccc([N+](=O)[O-])cc2)c1. The Labute approximate surface area is 221 Å². The van der Waals surface area contributed by atoms with Gasteiger partial charge in [-0.1, -0.05) is 57.5 Å². The highest BCUT2D eigenvalue weighted by molar-refractivity contribution is 9.10. The van der Waals surface area contributed by atoms with Crippen LogP contribution < -0.4 is 4.72 Å². The molecule has 36 heavy (non-hydrogen) atoms. The molecule has 1 aromatic heterocycles. The molecule has 0 bridgehead atoms. The van der Waals surface area contributed by atoms with Crippen LogP contribution in [0.4, 0.5) is 5.69 Å². The van der Waals surface area contributed by atoms with Crippen molar-refractivity contribution in [2.24, 2.45) is 0 Å². The van der Waals surface area contributed by atoms with Crippen LogP contribution in [-0.2, 0) is 15.8 Å². The predicted octanol–water partition coefficient (Wildman–Crippen LogP) is 5.58.